The predicted molar refractivity (Wildman–Crippen MR) is 91.8 cm³/mol. The normalized spacial score (nSPS) is 20.4. The molecule has 1 atom stereocenters. The highest BCUT2D eigenvalue weighted by atomic mass is 15.1. The fourth-order valence-electron chi connectivity index (χ4n) is 2.17. The third kappa shape index (κ3) is 7.66. The molecule has 5 nitrogen and oxygen atoms in total. The van der Waals surface area contributed by atoms with Gasteiger partial charge in [-0.2, -0.15) is 0 Å². The Kier molecular flexibility index (Phi) is 7.75. The van der Waals surface area contributed by atoms with Crippen molar-refractivity contribution in [2.45, 2.75) is 52.1 Å². The van der Waals surface area contributed by atoms with Gasteiger partial charge in [0.05, 0.1) is 6.54 Å². The van der Waals surface area contributed by atoms with Crippen LogP contribution in [0.5, 0.6) is 0 Å². The Balaban J connectivity index is 2.54. The lowest BCUT2D eigenvalue weighted by molar-refractivity contribution is 0.667. The van der Waals surface area contributed by atoms with E-state index in [4.69, 9.17) is 11.5 Å². The first-order valence-electron chi connectivity index (χ1n) is 7.68. The quantitative estimate of drug-likeness (QED) is 0.514. The summed E-state index contributed by atoms with van der Waals surface area (Å²) in [6, 6.07) is 0.497. The molecule has 21 heavy (non-hydrogen) atoms. The molecule has 0 aromatic carbocycles. The second kappa shape index (κ2) is 9.34. The van der Waals surface area contributed by atoms with E-state index in [0.29, 0.717) is 19.0 Å². The number of rotatable bonds is 6. The van der Waals surface area contributed by atoms with E-state index >= 15 is 0 Å². The van der Waals surface area contributed by atoms with E-state index in [9.17, 15) is 0 Å². The van der Waals surface area contributed by atoms with E-state index < -0.39 is 0 Å². The van der Waals surface area contributed by atoms with E-state index in [1.807, 2.05) is 13.8 Å². The molecule has 0 spiro atoms. The van der Waals surface area contributed by atoms with Crippen LogP contribution in [0.4, 0.5) is 0 Å². The van der Waals surface area contributed by atoms with Crippen LogP contribution in [-0.4, -0.2) is 36.8 Å². The van der Waals surface area contributed by atoms with Gasteiger partial charge < -0.3 is 16.8 Å². The average molecular weight is 291 g/mol. The summed E-state index contributed by atoms with van der Waals surface area (Å²) in [4.78, 5) is 8.92. The minimum absolute atomic E-state index is 0.238. The van der Waals surface area contributed by atoms with Crippen molar-refractivity contribution in [1.29, 1.82) is 0 Å². The van der Waals surface area contributed by atoms with Gasteiger partial charge in [-0.1, -0.05) is 23.8 Å². The van der Waals surface area contributed by atoms with Crippen molar-refractivity contribution in [2.24, 2.45) is 21.5 Å². The Labute approximate surface area is 128 Å². The van der Waals surface area contributed by atoms with E-state index in [0.717, 1.165) is 25.0 Å². The molecule has 1 aliphatic carbocycles. The van der Waals surface area contributed by atoms with E-state index in [1.165, 1.54) is 5.57 Å². The third-order valence-corrected chi connectivity index (χ3v) is 3.17. The maximum Gasteiger partial charge on any atom is 0.189 e. The molecule has 0 amide bonds. The smallest absolute Gasteiger partial charge is 0.189 e. The van der Waals surface area contributed by atoms with Crippen molar-refractivity contribution < 1.29 is 0 Å². The summed E-state index contributed by atoms with van der Waals surface area (Å²) in [6.07, 6.45) is 9.35. The minimum Gasteiger partial charge on any atom is -0.370 e. The van der Waals surface area contributed by atoms with E-state index in [1.54, 1.807) is 0 Å². The second-order valence-electron chi connectivity index (χ2n) is 5.66. The summed E-state index contributed by atoms with van der Waals surface area (Å²) < 4.78 is 0. The molecule has 0 saturated carbocycles. The van der Waals surface area contributed by atoms with Crippen molar-refractivity contribution in [3.63, 3.8) is 0 Å². The number of hydrogen-bond donors (Lipinski definition) is 3. The van der Waals surface area contributed by atoms with Gasteiger partial charge >= 0.3 is 0 Å². The van der Waals surface area contributed by atoms with Crippen molar-refractivity contribution in [3.05, 3.63) is 23.8 Å². The molecular weight excluding hydrogens is 262 g/mol. The van der Waals surface area contributed by atoms with Gasteiger partial charge in [-0.3, -0.25) is 4.99 Å². The lowest BCUT2D eigenvalue weighted by Crippen LogP contribution is -2.39. The van der Waals surface area contributed by atoms with Gasteiger partial charge in [0.2, 0.25) is 0 Å². The molecule has 0 aromatic rings. The van der Waals surface area contributed by atoms with Crippen LogP contribution in [0.15, 0.2) is 33.8 Å². The Morgan fingerprint density at radius 2 is 2.24 bits per heavy atom. The zero-order valence-corrected chi connectivity index (χ0v) is 13.5. The number of allylic oxidation sites excluding steroid dienone is 3. The number of nitrogens with one attached hydrogen (secondary N) is 1. The van der Waals surface area contributed by atoms with Crippen LogP contribution < -0.4 is 16.8 Å². The van der Waals surface area contributed by atoms with Gasteiger partial charge in [-0.25, -0.2) is 4.99 Å². The van der Waals surface area contributed by atoms with Gasteiger partial charge in [0.15, 0.2) is 5.96 Å². The number of nitrogens with zero attached hydrogens (tertiary/aromatic N) is 2. The van der Waals surface area contributed by atoms with Crippen LogP contribution in [0.25, 0.3) is 0 Å². The molecular formula is C16H29N5. The van der Waals surface area contributed by atoms with Crippen LogP contribution in [0, 0.1) is 0 Å². The number of guanidine groups is 1. The summed E-state index contributed by atoms with van der Waals surface area (Å²) in [5.41, 5.74) is 13.9. The highest BCUT2D eigenvalue weighted by molar-refractivity contribution is 5.89. The Morgan fingerprint density at radius 3 is 2.90 bits per heavy atom. The SMILES string of the molecule is CC1=CCC[C@H](NC(N)=NCC(CCN)=NC(C)C)C=C1. The molecule has 1 rings (SSSR count). The maximum absolute atomic E-state index is 5.97. The zero-order chi connectivity index (χ0) is 15.7. The molecule has 0 fully saturated rings. The second-order valence-corrected chi connectivity index (χ2v) is 5.66. The minimum atomic E-state index is 0.238. The lowest BCUT2D eigenvalue weighted by atomic mass is 10.2. The van der Waals surface area contributed by atoms with Gasteiger partial charge in [0.25, 0.3) is 0 Å². The van der Waals surface area contributed by atoms with Gasteiger partial charge in [-0.05, 0) is 46.6 Å². The van der Waals surface area contributed by atoms with Crippen molar-refractivity contribution in [3.8, 4) is 0 Å². The first-order valence-corrected chi connectivity index (χ1v) is 7.68. The molecule has 0 heterocycles. The van der Waals surface area contributed by atoms with Gasteiger partial charge in [0.1, 0.15) is 0 Å². The Hall–Kier alpha value is -1.62. The first kappa shape index (κ1) is 17.4. The molecule has 0 radical (unpaired) electrons. The standard InChI is InChI=1S/C16H29N5/c1-12(2)20-15(9-10-17)11-19-16(18)21-14-6-4-5-13(3)7-8-14/h5,7-8,12,14H,4,6,9-11,17H2,1-3H3,(H3,18,19,21)/t14-/m0/s1. The van der Waals surface area contributed by atoms with Crippen LogP contribution >= 0.6 is 0 Å². The highest BCUT2D eigenvalue weighted by Crippen LogP contribution is 2.10. The zero-order valence-electron chi connectivity index (χ0n) is 13.5. The molecule has 1 aliphatic rings. The fourth-order valence-corrected chi connectivity index (χ4v) is 2.17. The van der Waals surface area contributed by atoms with Crippen LogP contribution in [0.2, 0.25) is 0 Å². The van der Waals surface area contributed by atoms with Crippen molar-refractivity contribution in [2.75, 3.05) is 13.1 Å². The van der Waals surface area contributed by atoms with Crippen LogP contribution in [-0.2, 0) is 0 Å². The summed E-state index contributed by atoms with van der Waals surface area (Å²) >= 11 is 0. The Bertz CT molecular complexity index is 432. The molecule has 5 N–H and O–H groups in total. The van der Waals surface area contributed by atoms with Gasteiger partial charge in [-0.15, -0.1) is 0 Å². The summed E-state index contributed by atoms with van der Waals surface area (Å²) in [5, 5.41) is 3.25. The topological polar surface area (TPSA) is 88.8 Å². The number of nitrogens with two attached hydrogens (primary N) is 2. The molecule has 0 aliphatic heterocycles. The summed E-state index contributed by atoms with van der Waals surface area (Å²) in [6.45, 7) is 7.31. The van der Waals surface area contributed by atoms with Gasteiger partial charge in [0, 0.05) is 17.8 Å². The van der Waals surface area contributed by atoms with Crippen LogP contribution in [0.3, 0.4) is 0 Å². The van der Waals surface area contributed by atoms with E-state index in [-0.39, 0.29) is 12.1 Å². The molecule has 0 bridgehead atoms. The van der Waals surface area contributed by atoms with Crippen molar-refractivity contribution in [1.82, 2.24) is 5.32 Å². The molecule has 0 saturated heterocycles. The average Bonchev–Trinajstić information content (AvgIpc) is 2.61. The van der Waals surface area contributed by atoms with E-state index in [2.05, 4.69) is 40.5 Å². The number of hydrogen-bond acceptors (Lipinski definition) is 3. The largest absolute Gasteiger partial charge is 0.370 e. The fraction of sp³-hybridized carbons (Fsp3) is 0.625. The Morgan fingerprint density at radius 1 is 1.48 bits per heavy atom. The monoisotopic (exact) mass is 291 g/mol. The summed E-state index contributed by atoms with van der Waals surface area (Å²) in [7, 11) is 0. The first-order chi connectivity index (χ1) is 10.0. The van der Waals surface area contributed by atoms with Crippen molar-refractivity contribution >= 4 is 11.7 Å². The lowest BCUT2D eigenvalue weighted by Gasteiger charge is -2.14. The number of aliphatic imine (C=N–C) groups is 2. The highest BCUT2D eigenvalue weighted by Gasteiger charge is 2.07. The summed E-state index contributed by atoms with van der Waals surface area (Å²) in [5.74, 6) is 0.470. The molecule has 118 valence electrons. The molecule has 0 unspecified atom stereocenters. The third-order valence-electron chi connectivity index (χ3n) is 3.17. The molecule has 0 aromatic heterocycles. The molecule has 5 heteroatoms. The predicted octanol–water partition coefficient (Wildman–Crippen LogP) is 1.75. The van der Waals surface area contributed by atoms with Crippen LogP contribution in [0.1, 0.15) is 40.0 Å². The maximum atomic E-state index is 5.97.